The van der Waals surface area contributed by atoms with E-state index in [1.165, 1.54) is 22.3 Å². The van der Waals surface area contributed by atoms with Gasteiger partial charge in [-0.2, -0.15) is 0 Å². The summed E-state index contributed by atoms with van der Waals surface area (Å²) in [7, 11) is 0. The average molecular weight is 706 g/mol. The fraction of sp³-hybridized carbons (Fsp3) is 0.0392. The average Bonchev–Trinajstić information content (AvgIpc) is 3.66. The van der Waals surface area contributed by atoms with E-state index in [2.05, 4.69) is 170 Å². The lowest BCUT2D eigenvalue weighted by Crippen LogP contribution is -2.00. The van der Waals surface area contributed by atoms with Gasteiger partial charge in [0.2, 0.25) is 0 Å². The predicted octanol–water partition coefficient (Wildman–Crippen LogP) is 13.5. The van der Waals surface area contributed by atoms with Crippen molar-refractivity contribution in [3.05, 3.63) is 194 Å². The molecule has 0 atom stereocenters. The first-order valence-corrected chi connectivity index (χ1v) is 18.7. The van der Waals surface area contributed by atoms with Crippen molar-refractivity contribution < 1.29 is 4.42 Å². The van der Waals surface area contributed by atoms with E-state index in [0.29, 0.717) is 17.5 Å². The molecule has 7 aromatic carbocycles. The van der Waals surface area contributed by atoms with E-state index < -0.39 is 0 Å². The molecular weight excluding hydrogens is 671 g/mol. The molecule has 4 heteroatoms. The van der Waals surface area contributed by atoms with E-state index in [9.17, 15) is 0 Å². The van der Waals surface area contributed by atoms with Crippen molar-refractivity contribution in [2.24, 2.45) is 0 Å². The lowest BCUT2D eigenvalue weighted by Gasteiger charge is -2.11. The smallest absolute Gasteiger partial charge is 0.164 e. The van der Waals surface area contributed by atoms with E-state index >= 15 is 0 Å². The molecule has 0 saturated carbocycles. The molecule has 0 radical (unpaired) electrons. The third kappa shape index (κ3) is 6.34. The van der Waals surface area contributed by atoms with Crippen LogP contribution in [0.15, 0.2) is 193 Å². The van der Waals surface area contributed by atoms with Crippen LogP contribution in [0.2, 0.25) is 0 Å². The number of nitrogens with zero attached hydrogens (tertiary/aromatic N) is 3. The van der Waals surface area contributed by atoms with Crippen LogP contribution in [0.1, 0.15) is 18.4 Å². The van der Waals surface area contributed by atoms with Crippen LogP contribution in [0.3, 0.4) is 0 Å². The summed E-state index contributed by atoms with van der Waals surface area (Å²) in [6.45, 7) is 0. The monoisotopic (exact) mass is 705 g/mol. The Labute approximate surface area is 319 Å². The summed E-state index contributed by atoms with van der Waals surface area (Å²) < 4.78 is 6.58. The Kier molecular flexibility index (Phi) is 8.27. The van der Waals surface area contributed by atoms with E-state index in [1.54, 1.807) is 0 Å². The van der Waals surface area contributed by atoms with Crippen molar-refractivity contribution in [2.75, 3.05) is 0 Å². The fourth-order valence-electron chi connectivity index (χ4n) is 7.61. The number of aromatic nitrogens is 3. The summed E-state index contributed by atoms with van der Waals surface area (Å²) in [6.07, 6.45) is 8.67. The van der Waals surface area contributed by atoms with Crippen LogP contribution in [-0.2, 0) is 0 Å². The summed E-state index contributed by atoms with van der Waals surface area (Å²) in [4.78, 5) is 15.3. The lowest BCUT2D eigenvalue weighted by molar-refractivity contribution is 0.669. The zero-order valence-corrected chi connectivity index (χ0v) is 30.1. The van der Waals surface area contributed by atoms with Crippen molar-refractivity contribution in [3.8, 4) is 67.5 Å². The zero-order chi connectivity index (χ0) is 36.6. The lowest BCUT2D eigenvalue weighted by atomic mass is 9.96. The molecule has 0 bridgehead atoms. The van der Waals surface area contributed by atoms with Gasteiger partial charge in [0.25, 0.3) is 0 Å². The van der Waals surface area contributed by atoms with Crippen LogP contribution >= 0.6 is 0 Å². The topological polar surface area (TPSA) is 51.8 Å². The Balaban J connectivity index is 1.08. The molecule has 2 heterocycles. The zero-order valence-electron chi connectivity index (χ0n) is 30.1. The van der Waals surface area contributed by atoms with Crippen molar-refractivity contribution >= 4 is 27.5 Å². The molecule has 0 amide bonds. The molecule has 0 spiro atoms. The van der Waals surface area contributed by atoms with Crippen molar-refractivity contribution in [3.63, 3.8) is 0 Å². The second kappa shape index (κ2) is 14.0. The molecule has 260 valence electrons. The van der Waals surface area contributed by atoms with Gasteiger partial charge in [0.1, 0.15) is 11.2 Å². The van der Waals surface area contributed by atoms with Gasteiger partial charge in [-0.15, -0.1) is 0 Å². The molecule has 0 saturated heterocycles. The first kappa shape index (κ1) is 32.5. The van der Waals surface area contributed by atoms with Crippen molar-refractivity contribution in [1.82, 2.24) is 15.0 Å². The molecule has 1 aliphatic carbocycles. The number of hydrogen-bond donors (Lipinski definition) is 0. The highest BCUT2D eigenvalue weighted by molar-refractivity contribution is 6.13. The minimum Gasteiger partial charge on any atom is -0.456 e. The number of fused-ring (bicyclic) bond motifs is 3. The summed E-state index contributed by atoms with van der Waals surface area (Å²) in [5.41, 5.74) is 13.8. The highest BCUT2D eigenvalue weighted by Crippen LogP contribution is 2.39. The van der Waals surface area contributed by atoms with Crippen LogP contribution in [0.5, 0.6) is 0 Å². The van der Waals surface area contributed by atoms with Crippen LogP contribution in [0.4, 0.5) is 0 Å². The van der Waals surface area contributed by atoms with E-state index in [-0.39, 0.29) is 0 Å². The maximum absolute atomic E-state index is 6.58. The quantitative estimate of drug-likeness (QED) is 0.166. The van der Waals surface area contributed by atoms with Gasteiger partial charge in [-0.3, -0.25) is 0 Å². The number of furan rings is 1. The summed E-state index contributed by atoms with van der Waals surface area (Å²) in [5, 5.41) is 2.14. The number of benzene rings is 7. The second-order valence-corrected chi connectivity index (χ2v) is 13.9. The molecule has 9 aromatic rings. The highest BCUT2D eigenvalue weighted by Gasteiger charge is 2.18. The van der Waals surface area contributed by atoms with Gasteiger partial charge >= 0.3 is 0 Å². The third-order valence-corrected chi connectivity index (χ3v) is 10.4. The van der Waals surface area contributed by atoms with Crippen LogP contribution < -0.4 is 0 Å². The molecule has 0 fully saturated rings. The Hall–Kier alpha value is -7.17. The number of rotatable bonds is 7. The second-order valence-electron chi connectivity index (χ2n) is 13.9. The minimum absolute atomic E-state index is 0.590. The van der Waals surface area contributed by atoms with Gasteiger partial charge in [-0.25, -0.2) is 15.0 Å². The summed E-state index contributed by atoms with van der Waals surface area (Å²) in [6, 6.07) is 59.2. The Bertz CT molecular complexity index is 2900. The van der Waals surface area contributed by atoms with Gasteiger partial charge in [0.15, 0.2) is 17.5 Å². The largest absolute Gasteiger partial charge is 0.456 e. The van der Waals surface area contributed by atoms with E-state index in [0.717, 1.165) is 73.7 Å². The normalized spacial score (nSPS) is 12.6. The Morgan fingerprint density at radius 2 is 0.945 bits per heavy atom. The fourth-order valence-corrected chi connectivity index (χ4v) is 7.61. The Morgan fingerprint density at radius 1 is 0.400 bits per heavy atom. The van der Waals surface area contributed by atoms with Crippen LogP contribution in [-0.4, -0.2) is 15.0 Å². The minimum atomic E-state index is 0.590. The van der Waals surface area contributed by atoms with Gasteiger partial charge < -0.3 is 4.42 Å². The first-order chi connectivity index (χ1) is 27.2. The Morgan fingerprint density at radius 3 is 1.62 bits per heavy atom. The maximum atomic E-state index is 6.58. The van der Waals surface area contributed by atoms with Crippen molar-refractivity contribution in [2.45, 2.75) is 12.8 Å². The molecule has 10 rings (SSSR count). The summed E-state index contributed by atoms with van der Waals surface area (Å²) >= 11 is 0. The van der Waals surface area contributed by atoms with Crippen molar-refractivity contribution in [1.29, 1.82) is 0 Å². The molecular formula is C51H35N3O. The molecule has 55 heavy (non-hydrogen) atoms. The molecule has 0 unspecified atom stereocenters. The van der Waals surface area contributed by atoms with Gasteiger partial charge in [0.05, 0.1) is 0 Å². The van der Waals surface area contributed by atoms with Gasteiger partial charge in [-0.05, 0) is 87.7 Å². The first-order valence-electron chi connectivity index (χ1n) is 18.7. The molecule has 4 nitrogen and oxygen atoms in total. The number of hydrogen-bond acceptors (Lipinski definition) is 4. The predicted molar refractivity (Wildman–Crippen MR) is 226 cm³/mol. The van der Waals surface area contributed by atoms with Gasteiger partial charge in [0, 0.05) is 27.5 Å². The van der Waals surface area contributed by atoms with Crippen LogP contribution in [0, 0.1) is 0 Å². The molecule has 2 aromatic heterocycles. The van der Waals surface area contributed by atoms with Crippen LogP contribution in [0.25, 0.3) is 95.1 Å². The SMILES string of the molecule is C1=CCCC(c2ccc(-c3nc(-c4cccc(-c5ccccc5)c4)nc(-c4ccc5c(c4)oc4cccc(-c6cccc(-c7ccccc7)c6)c45)n3)cc2)=C1. The highest BCUT2D eigenvalue weighted by atomic mass is 16.3. The number of allylic oxidation sites excluding steroid dienone is 4. The maximum Gasteiger partial charge on any atom is 0.164 e. The van der Waals surface area contributed by atoms with E-state index in [1.807, 2.05) is 18.2 Å². The third-order valence-electron chi connectivity index (χ3n) is 10.4. The van der Waals surface area contributed by atoms with Gasteiger partial charge in [-0.1, -0.05) is 158 Å². The standard InChI is InChI=1S/C51H35N3O/c1-4-13-34(14-5-1)37-25-27-38(28-26-37)49-52-50(42-22-11-20-40(32-42)36-17-8-3-9-18-36)54-51(53-49)43-29-30-45-47(33-43)55-46-24-12-23-44(48(45)46)41-21-10-19-39(31-41)35-15-6-2-7-16-35/h1-4,6-13,15-33H,5,14H2. The molecule has 1 aliphatic rings. The molecule has 0 aliphatic heterocycles. The summed E-state index contributed by atoms with van der Waals surface area (Å²) in [5.74, 6) is 1.83. The van der Waals surface area contributed by atoms with E-state index in [4.69, 9.17) is 19.4 Å². The molecule has 0 N–H and O–H groups in total.